The molecular formula is C20H20N6O. The quantitative estimate of drug-likeness (QED) is 0.701. The normalized spacial score (nSPS) is 13.1. The minimum absolute atomic E-state index is 0.0290. The zero-order valence-electron chi connectivity index (χ0n) is 15.5. The van der Waals surface area contributed by atoms with Crippen LogP contribution in [-0.2, 0) is 11.8 Å². The highest BCUT2D eigenvalue weighted by molar-refractivity contribution is 5.99. The highest BCUT2D eigenvalue weighted by Gasteiger charge is 2.29. The van der Waals surface area contributed by atoms with E-state index in [4.69, 9.17) is 0 Å². The van der Waals surface area contributed by atoms with Gasteiger partial charge in [-0.1, -0.05) is 5.92 Å². The Kier molecular flexibility index (Phi) is 4.24. The fourth-order valence-electron chi connectivity index (χ4n) is 2.83. The van der Waals surface area contributed by atoms with E-state index in [1.54, 1.807) is 12.4 Å². The predicted octanol–water partition coefficient (Wildman–Crippen LogP) is 2.46. The Morgan fingerprint density at radius 1 is 1.22 bits per heavy atom. The van der Waals surface area contributed by atoms with Crippen LogP contribution in [0.5, 0.6) is 0 Å². The van der Waals surface area contributed by atoms with Crippen molar-refractivity contribution >= 4 is 28.3 Å². The molecule has 4 rings (SSSR count). The molecule has 2 N–H and O–H groups in total. The first-order valence-electron chi connectivity index (χ1n) is 8.84. The molecule has 0 atom stereocenters. The maximum atomic E-state index is 12.0. The topological polar surface area (TPSA) is 84.7 Å². The van der Waals surface area contributed by atoms with Crippen LogP contribution in [0.25, 0.3) is 10.8 Å². The maximum Gasteiger partial charge on any atom is 0.228 e. The molecule has 0 saturated heterocycles. The first kappa shape index (κ1) is 17.0. The number of aromatic nitrogens is 4. The summed E-state index contributed by atoms with van der Waals surface area (Å²) in [5, 5.41) is 7.70. The van der Waals surface area contributed by atoms with Gasteiger partial charge in [-0.25, -0.2) is 15.0 Å². The van der Waals surface area contributed by atoms with E-state index in [9.17, 15) is 4.79 Å². The maximum absolute atomic E-state index is 12.0. The molecule has 1 fully saturated rings. The van der Waals surface area contributed by atoms with Gasteiger partial charge in [-0.15, -0.1) is 0 Å². The standard InChI is InChI=1S/C20H20N6O/c1-12-24-15(11-26(12)3)7-6-14-9-23-19(21-2)17-10-22-18(8-16(14)17)25-20(27)13-4-5-13/h8-11,13H,4-5H2,1-3H3,(H,21,23)(H,22,25,27). The third kappa shape index (κ3) is 3.47. The molecule has 1 aliphatic carbocycles. The molecule has 0 bridgehead atoms. The van der Waals surface area contributed by atoms with Crippen LogP contribution >= 0.6 is 0 Å². The average molecular weight is 360 g/mol. The van der Waals surface area contributed by atoms with Gasteiger partial charge in [0.15, 0.2) is 0 Å². The number of hydrogen-bond donors (Lipinski definition) is 2. The van der Waals surface area contributed by atoms with Gasteiger partial charge in [-0.2, -0.15) is 0 Å². The summed E-state index contributed by atoms with van der Waals surface area (Å²) in [4.78, 5) is 25.2. The number of nitrogens with one attached hydrogen (secondary N) is 2. The Morgan fingerprint density at radius 2 is 2.04 bits per heavy atom. The molecule has 0 unspecified atom stereocenters. The number of nitrogens with zero attached hydrogens (tertiary/aromatic N) is 4. The average Bonchev–Trinajstić information content (AvgIpc) is 3.46. The second kappa shape index (κ2) is 6.72. The first-order chi connectivity index (χ1) is 13.0. The van der Waals surface area contributed by atoms with E-state index in [0.29, 0.717) is 11.5 Å². The molecule has 0 aliphatic heterocycles. The van der Waals surface area contributed by atoms with Crippen LogP contribution in [0, 0.1) is 24.7 Å². The molecule has 136 valence electrons. The largest absolute Gasteiger partial charge is 0.373 e. The van der Waals surface area contributed by atoms with Crippen LogP contribution in [0.15, 0.2) is 24.7 Å². The Balaban J connectivity index is 1.75. The lowest BCUT2D eigenvalue weighted by Crippen LogP contribution is -2.14. The lowest BCUT2D eigenvalue weighted by Gasteiger charge is -2.09. The number of pyridine rings is 2. The molecule has 0 spiro atoms. The molecule has 27 heavy (non-hydrogen) atoms. The zero-order chi connectivity index (χ0) is 19.0. The fraction of sp³-hybridized carbons (Fsp3) is 0.300. The summed E-state index contributed by atoms with van der Waals surface area (Å²) in [6.07, 6.45) is 7.24. The van der Waals surface area contributed by atoms with Crippen molar-refractivity contribution < 1.29 is 4.79 Å². The summed E-state index contributed by atoms with van der Waals surface area (Å²) in [6, 6.07) is 1.85. The van der Waals surface area contributed by atoms with Crippen LogP contribution in [0.1, 0.15) is 29.9 Å². The summed E-state index contributed by atoms with van der Waals surface area (Å²) in [6.45, 7) is 1.93. The minimum atomic E-state index is 0.0290. The first-order valence-corrected chi connectivity index (χ1v) is 8.84. The highest BCUT2D eigenvalue weighted by atomic mass is 16.2. The second-order valence-electron chi connectivity index (χ2n) is 6.68. The number of imidazole rings is 1. The van der Waals surface area contributed by atoms with Crippen molar-refractivity contribution in [3.63, 3.8) is 0 Å². The van der Waals surface area contributed by atoms with Gasteiger partial charge in [-0.05, 0) is 31.8 Å². The van der Waals surface area contributed by atoms with Crippen molar-refractivity contribution in [2.75, 3.05) is 17.7 Å². The number of carbonyl (C=O) groups is 1. The van der Waals surface area contributed by atoms with Crippen LogP contribution < -0.4 is 10.6 Å². The molecule has 7 heteroatoms. The van der Waals surface area contributed by atoms with Gasteiger partial charge in [0.05, 0.1) is 5.56 Å². The molecule has 0 radical (unpaired) electrons. The lowest BCUT2D eigenvalue weighted by atomic mass is 10.1. The van der Waals surface area contributed by atoms with E-state index in [-0.39, 0.29) is 11.8 Å². The van der Waals surface area contributed by atoms with Gasteiger partial charge >= 0.3 is 0 Å². The van der Waals surface area contributed by atoms with Crippen molar-refractivity contribution in [1.82, 2.24) is 19.5 Å². The van der Waals surface area contributed by atoms with Crippen LogP contribution in [0.2, 0.25) is 0 Å². The number of aryl methyl sites for hydroxylation is 2. The second-order valence-corrected chi connectivity index (χ2v) is 6.68. The molecular weight excluding hydrogens is 340 g/mol. The van der Waals surface area contributed by atoms with Crippen LogP contribution in [0.4, 0.5) is 11.6 Å². The third-order valence-corrected chi connectivity index (χ3v) is 4.64. The van der Waals surface area contributed by atoms with E-state index >= 15 is 0 Å². The molecule has 3 aromatic heterocycles. The molecule has 3 heterocycles. The Morgan fingerprint density at radius 3 is 2.70 bits per heavy atom. The van der Waals surface area contributed by atoms with Gasteiger partial charge in [0.2, 0.25) is 5.91 Å². The summed E-state index contributed by atoms with van der Waals surface area (Å²) in [7, 11) is 3.75. The van der Waals surface area contributed by atoms with Crippen molar-refractivity contribution in [3.05, 3.63) is 41.7 Å². The van der Waals surface area contributed by atoms with E-state index in [0.717, 1.165) is 40.8 Å². The van der Waals surface area contributed by atoms with E-state index in [2.05, 4.69) is 37.4 Å². The van der Waals surface area contributed by atoms with E-state index in [1.807, 2.05) is 37.8 Å². The summed E-state index contributed by atoms with van der Waals surface area (Å²) >= 11 is 0. The van der Waals surface area contributed by atoms with Crippen LogP contribution in [0.3, 0.4) is 0 Å². The summed E-state index contributed by atoms with van der Waals surface area (Å²) in [5.74, 6) is 8.55. The smallest absolute Gasteiger partial charge is 0.228 e. The number of rotatable bonds is 3. The molecule has 1 aliphatic rings. The number of fused-ring (bicyclic) bond motifs is 1. The zero-order valence-corrected chi connectivity index (χ0v) is 15.5. The van der Waals surface area contributed by atoms with Crippen molar-refractivity contribution in [2.45, 2.75) is 19.8 Å². The lowest BCUT2D eigenvalue weighted by molar-refractivity contribution is -0.117. The SMILES string of the molecule is CNc1ncc(C#Cc2cn(C)c(C)n2)c2cc(NC(=O)C3CC3)ncc12. The van der Waals surface area contributed by atoms with Crippen molar-refractivity contribution in [1.29, 1.82) is 0 Å². The van der Waals surface area contributed by atoms with Gasteiger partial charge in [0, 0.05) is 49.4 Å². The van der Waals surface area contributed by atoms with Gasteiger partial charge in [0.25, 0.3) is 0 Å². The molecule has 1 saturated carbocycles. The monoisotopic (exact) mass is 360 g/mol. The Labute approximate surface area is 157 Å². The molecule has 1 amide bonds. The summed E-state index contributed by atoms with van der Waals surface area (Å²) in [5.41, 5.74) is 1.47. The van der Waals surface area contributed by atoms with E-state index < -0.39 is 0 Å². The van der Waals surface area contributed by atoms with Gasteiger partial charge in [0.1, 0.15) is 23.2 Å². The van der Waals surface area contributed by atoms with Crippen LogP contribution in [-0.4, -0.2) is 32.5 Å². The number of anilines is 2. The number of carbonyl (C=O) groups excluding carboxylic acids is 1. The third-order valence-electron chi connectivity index (χ3n) is 4.64. The Bertz CT molecular complexity index is 1080. The van der Waals surface area contributed by atoms with E-state index in [1.165, 1.54) is 0 Å². The molecule has 7 nitrogen and oxygen atoms in total. The number of hydrogen-bond acceptors (Lipinski definition) is 5. The summed E-state index contributed by atoms with van der Waals surface area (Å²) < 4.78 is 1.93. The Hall–Kier alpha value is -3.40. The number of amides is 1. The highest BCUT2D eigenvalue weighted by Crippen LogP contribution is 2.31. The fourth-order valence-corrected chi connectivity index (χ4v) is 2.83. The van der Waals surface area contributed by atoms with Gasteiger partial charge in [-0.3, -0.25) is 4.79 Å². The van der Waals surface area contributed by atoms with Crippen molar-refractivity contribution in [3.8, 4) is 11.8 Å². The minimum Gasteiger partial charge on any atom is -0.373 e. The van der Waals surface area contributed by atoms with Crippen molar-refractivity contribution in [2.24, 2.45) is 13.0 Å². The molecule has 3 aromatic rings. The van der Waals surface area contributed by atoms with Gasteiger partial charge < -0.3 is 15.2 Å². The predicted molar refractivity (Wildman–Crippen MR) is 104 cm³/mol. The molecule has 0 aromatic carbocycles.